The van der Waals surface area contributed by atoms with E-state index in [0.717, 1.165) is 0 Å². The first-order chi connectivity index (χ1) is 6.46. The fourth-order valence-corrected chi connectivity index (χ4v) is 1.62. The van der Waals surface area contributed by atoms with Crippen LogP contribution in [0.25, 0.3) is 0 Å². The Hall–Kier alpha value is -1.52. The van der Waals surface area contributed by atoms with E-state index >= 15 is 0 Å². The summed E-state index contributed by atoms with van der Waals surface area (Å²) in [5.41, 5.74) is 0.772. The number of hydrogen-bond donors (Lipinski definition) is 2. The zero-order chi connectivity index (χ0) is 10.5. The number of carbonyl (C=O) groups excluding carboxylic acids is 2. The molecular weight excluding hydrogens is 184 g/mol. The summed E-state index contributed by atoms with van der Waals surface area (Å²) >= 11 is 0. The van der Waals surface area contributed by atoms with E-state index in [2.05, 4.69) is 0 Å². The maximum absolute atomic E-state index is 11.4. The molecule has 0 aromatic heterocycles. The Kier molecular flexibility index (Phi) is 1.61. The van der Waals surface area contributed by atoms with E-state index < -0.39 is 17.4 Å². The van der Waals surface area contributed by atoms with Crippen LogP contribution < -0.4 is 0 Å². The molecule has 0 aliphatic heterocycles. The number of fused-ring (bicyclic) bond motifs is 1. The molecule has 0 radical (unpaired) electrons. The molecule has 1 aromatic carbocycles. The quantitative estimate of drug-likeness (QED) is 0.450. The monoisotopic (exact) mass is 192 g/mol. The fourth-order valence-electron chi connectivity index (χ4n) is 1.62. The third kappa shape index (κ3) is 0.893. The molecule has 0 atom stereocenters. The lowest BCUT2D eigenvalue weighted by atomic mass is 10.0. The van der Waals surface area contributed by atoms with Gasteiger partial charge in [-0.1, -0.05) is 18.2 Å². The van der Waals surface area contributed by atoms with E-state index in [1.165, 1.54) is 6.07 Å². The molecule has 0 amide bonds. The van der Waals surface area contributed by atoms with Gasteiger partial charge in [0.15, 0.2) is 0 Å². The zero-order valence-electron chi connectivity index (χ0n) is 7.44. The van der Waals surface area contributed by atoms with Crippen molar-refractivity contribution in [2.45, 2.75) is 12.7 Å². The maximum Gasteiger partial charge on any atom is 0.295 e. The van der Waals surface area contributed by atoms with E-state index in [9.17, 15) is 19.8 Å². The van der Waals surface area contributed by atoms with Gasteiger partial charge in [0.2, 0.25) is 11.6 Å². The number of aryl methyl sites for hydroxylation is 1. The largest absolute Gasteiger partial charge is 0.353 e. The van der Waals surface area contributed by atoms with Crippen LogP contribution in [0.1, 0.15) is 26.3 Å². The van der Waals surface area contributed by atoms with Crippen LogP contribution in [-0.2, 0) is 0 Å². The third-order valence-electron chi connectivity index (χ3n) is 2.38. The van der Waals surface area contributed by atoms with Gasteiger partial charge in [0.1, 0.15) is 0 Å². The van der Waals surface area contributed by atoms with Gasteiger partial charge in [-0.2, -0.15) is 0 Å². The standard InChI is InChI=1S/C10H8O4/c1-5-3-2-4-6-7(5)9(12)10(13,14)8(6)11/h2-4,13-14H,1H3. The van der Waals surface area contributed by atoms with Crippen LogP contribution in [0.15, 0.2) is 18.2 Å². The molecule has 2 N–H and O–H groups in total. The Morgan fingerprint density at radius 3 is 2.36 bits per heavy atom. The predicted octanol–water partition coefficient (Wildman–Crippen LogP) is 0.0549. The number of benzene rings is 1. The summed E-state index contributed by atoms with van der Waals surface area (Å²) < 4.78 is 0. The summed E-state index contributed by atoms with van der Waals surface area (Å²) in [6.07, 6.45) is 0. The lowest BCUT2D eigenvalue weighted by Gasteiger charge is -2.08. The topological polar surface area (TPSA) is 74.6 Å². The van der Waals surface area contributed by atoms with Gasteiger partial charge in [-0.05, 0) is 12.5 Å². The minimum atomic E-state index is -2.87. The summed E-state index contributed by atoms with van der Waals surface area (Å²) in [5.74, 6) is -4.74. The van der Waals surface area contributed by atoms with Crippen molar-refractivity contribution in [1.29, 1.82) is 0 Å². The molecule has 72 valence electrons. The molecule has 0 spiro atoms. The molecule has 1 aromatic rings. The summed E-state index contributed by atoms with van der Waals surface area (Å²) in [7, 11) is 0. The molecule has 4 heteroatoms. The Morgan fingerprint density at radius 2 is 1.79 bits per heavy atom. The molecule has 14 heavy (non-hydrogen) atoms. The van der Waals surface area contributed by atoms with Crippen molar-refractivity contribution in [2.24, 2.45) is 0 Å². The SMILES string of the molecule is Cc1cccc2c1C(=O)C(O)(O)C2=O. The second-order valence-corrected chi connectivity index (χ2v) is 3.33. The second-order valence-electron chi connectivity index (χ2n) is 3.33. The molecule has 4 nitrogen and oxygen atoms in total. The molecule has 0 saturated heterocycles. The van der Waals surface area contributed by atoms with Crippen LogP contribution in [0.2, 0.25) is 0 Å². The van der Waals surface area contributed by atoms with Crippen LogP contribution in [0.3, 0.4) is 0 Å². The molecular formula is C10H8O4. The van der Waals surface area contributed by atoms with Crippen molar-refractivity contribution in [1.82, 2.24) is 0 Å². The third-order valence-corrected chi connectivity index (χ3v) is 2.38. The van der Waals surface area contributed by atoms with Gasteiger partial charge < -0.3 is 10.2 Å². The normalized spacial score (nSPS) is 18.5. The first kappa shape index (κ1) is 9.05. The number of hydrogen-bond acceptors (Lipinski definition) is 4. The lowest BCUT2D eigenvalue weighted by Crippen LogP contribution is -2.40. The Morgan fingerprint density at radius 1 is 1.14 bits per heavy atom. The minimum absolute atomic E-state index is 0.0833. The summed E-state index contributed by atoms with van der Waals surface area (Å²) in [6.45, 7) is 1.64. The first-order valence-corrected chi connectivity index (χ1v) is 4.10. The average Bonchev–Trinajstić information content (AvgIpc) is 2.30. The van der Waals surface area contributed by atoms with Crippen molar-refractivity contribution < 1.29 is 19.8 Å². The van der Waals surface area contributed by atoms with E-state index in [1.54, 1.807) is 19.1 Å². The summed E-state index contributed by atoms with van der Waals surface area (Å²) in [5, 5.41) is 18.5. The Bertz CT molecular complexity index is 445. The highest BCUT2D eigenvalue weighted by Gasteiger charge is 2.51. The maximum atomic E-state index is 11.4. The highest BCUT2D eigenvalue weighted by Crippen LogP contribution is 2.30. The number of Topliss-reactive ketones (excluding diaryl/α,β-unsaturated/α-hetero) is 2. The van der Waals surface area contributed by atoms with Crippen molar-refractivity contribution >= 4 is 11.6 Å². The molecule has 0 unspecified atom stereocenters. The number of ketones is 2. The van der Waals surface area contributed by atoms with Gasteiger partial charge in [0, 0.05) is 11.1 Å². The van der Waals surface area contributed by atoms with Crippen LogP contribution in [0.5, 0.6) is 0 Å². The molecule has 2 rings (SSSR count). The van der Waals surface area contributed by atoms with Gasteiger partial charge in [-0.15, -0.1) is 0 Å². The van der Waals surface area contributed by atoms with Gasteiger partial charge >= 0.3 is 0 Å². The van der Waals surface area contributed by atoms with Gasteiger partial charge in [-0.3, -0.25) is 9.59 Å². The van der Waals surface area contributed by atoms with Gasteiger partial charge in [0.05, 0.1) is 0 Å². The average molecular weight is 192 g/mol. The van der Waals surface area contributed by atoms with E-state index in [0.29, 0.717) is 5.56 Å². The number of rotatable bonds is 0. The van der Waals surface area contributed by atoms with Crippen molar-refractivity contribution in [3.8, 4) is 0 Å². The van der Waals surface area contributed by atoms with Crippen LogP contribution >= 0.6 is 0 Å². The van der Waals surface area contributed by atoms with Crippen molar-refractivity contribution in [3.05, 3.63) is 34.9 Å². The smallest absolute Gasteiger partial charge is 0.295 e. The highest BCUT2D eigenvalue weighted by molar-refractivity contribution is 6.31. The Labute approximate surface area is 79.8 Å². The Balaban J connectivity index is 2.77. The van der Waals surface area contributed by atoms with Crippen molar-refractivity contribution in [2.75, 3.05) is 0 Å². The first-order valence-electron chi connectivity index (χ1n) is 4.10. The molecule has 0 bridgehead atoms. The van der Waals surface area contributed by atoms with Crippen LogP contribution in [0, 0.1) is 6.92 Å². The second kappa shape index (κ2) is 2.50. The number of aliphatic hydroxyl groups is 2. The highest BCUT2D eigenvalue weighted by atomic mass is 16.5. The molecule has 1 aliphatic rings. The van der Waals surface area contributed by atoms with Gasteiger partial charge in [-0.25, -0.2) is 0 Å². The van der Waals surface area contributed by atoms with E-state index in [-0.39, 0.29) is 11.1 Å². The van der Waals surface area contributed by atoms with Crippen LogP contribution in [-0.4, -0.2) is 27.6 Å². The molecule has 0 saturated carbocycles. The number of carbonyl (C=O) groups is 2. The molecule has 0 fully saturated rings. The minimum Gasteiger partial charge on any atom is -0.353 e. The fraction of sp³-hybridized carbons (Fsp3) is 0.200. The summed E-state index contributed by atoms with van der Waals surface area (Å²) in [4.78, 5) is 22.8. The van der Waals surface area contributed by atoms with E-state index in [4.69, 9.17) is 0 Å². The lowest BCUT2D eigenvalue weighted by molar-refractivity contribution is -0.0857. The van der Waals surface area contributed by atoms with Crippen LogP contribution in [0.4, 0.5) is 0 Å². The van der Waals surface area contributed by atoms with Gasteiger partial charge in [0.25, 0.3) is 5.79 Å². The van der Waals surface area contributed by atoms with Crippen molar-refractivity contribution in [3.63, 3.8) is 0 Å². The zero-order valence-corrected chi connectivity index (χ0v) is 7.44. The molecule has 0 heterocycles. The van der Waals surface area contributed by atoms with E-state index in [1.807, 2.05) is 0 Å². The predicted molar refractivity (Wildman–Crippen MR) is 47.0 cm³/mol. The molecule has 1 aliphatic carbocycles. The summed E-state index contributed by atoms with van der Waals surface area (Å²) in [6, 6.07) is 4.66.